The molecule has 0 saturated carbocycles. The largest absolute Gasteiger partial charge is 0.494 e. The number of aliphatic hydroxyl groups excluding tert-OH is 1. The number of aliphatic hydroxyl groups is 1. The van der Waals surface area contributed by atoms with Gasteiger partial charge < -0.3 is 15.2 Å². The van der Waals surface area contributed by atoms with Crippen molar-refractivity contribution in [3.63, 3.8) is 0 Å². The van der Waals surface area contributed by atoms with Crippen molar-refractivity contribution in [2.75, 3.05) is 19.4 Å². The molecule has 1 amide bonds. The lowest BCUT2D eigenvalue weighted by Crippen LogP contribution is -2.25. The first-order valence-corrected chi connectivity index (χ1v) is 10.7. The second kappa shape index (κ2) is 10.1. The molecule has 2 rings (SSSR count). The van der Waals surface area contributed by atoms with Crippen LogP contribution in [-0.2, 0) is 27.7 Å². The zero-order valence-electron chi connectivity index (χ0n) is 15.3. The lowest BCUT2D eigenvalue weighted by molar-refractivity contribution is -0.121. The maximum absolute atomic E-state index is 11.8. The number of nitrogens with one attached hydrogen (secondary N) is 1. The number of carbonyl (C=O) groups is 1. The van der Waals surface area contributed by atoms with Crippen molar-refractivity contribution in [1.82, 2.24) is 5.32 Å². The second-order valence-electron chi connectivity index (χ2n) is 6.27. The van der Waals surface area contributed by atoms with E-state index >= 15 is 0 Å². The molecule has 0 bridgehead atoms. The monoisotopic (exact) mass is 391 g/mol. The summed E-state index contributed by atoms with van der Waals surface area (Å²) in [5, 5.41) is 11.9. The van der Waals surface area contributed by atoms with Gasteiger partial charge in [-0.2, -0.15) is 0 Å². The number of ether oxygens (including phenoxy) is 1. The second-order valence-corrected chi connectivity index (χ2v) is 8.29. The molecule has 0 saturated heterocycles. The molecular formula is C20H25NO5S. The highest BCUT2D eigenvalue weighted by Crippen LogP contribution is 2.16. The lowest BCUT2D eigenvalue weighted by atomic mass is 10.1. The molecular weight excluding hydrogens is 366 g/mol. The summed E-state index contributed by atoms with van der Waals surface area (Å²) in [6.07, 6.45) is 2.84. The third kappa shape index (κ3) is 7.40. The standard InChI is InChI=1S/C20H25NO5S/c1-27(24,25)19-10-8-18(9-11-19)26-14-2-3-20(23)21-13-12-16-4-6-17(15-22)7-5-16/h4-11,22H,2-3,12-15H2,1H3,(H,21,23). The van der Waals surface area contributed by atoms with Crippen LogP contribution in [0.4, 0.5) is 0 Å². The average molecular weight is 391 g/mol. The highest BCUT2D eigenvalue weighted by atomic mass is 32.2. The summed E-state index contributed by atoms with van der Waals surface area (Å²) < 4.78 is 28.3. The van der Waals surface area contributed by atoms with E-state index in [0.29, 0.717) is 31.7 Å². The summed E-state index contributed by atoms with van der Waals surface area (Å²) in [6, 6.07) is 13.9. The fourth-order valence-corrected chi connectivity index (χ4v) is 3.08. The lowest BCUT2D eigenvalue weighted by Gasteiger charge is -2.08. The Labute approximate surface area is 160 Å². The van der Waals surface area contributed by atoms with E-state index in [-0.39, 0.29) is 17.4 Å². The number of carbonyl (C=O) groups excluding carboxylic acids is 1. The molecule has 0 atom stereocenters. The van der Waals surface area contributed by atoms with Gasteiger partial charge in [-0.3, -0.25) is 4.79 Å². The molecule has 0 aliphatic heterocycles. The predicted octanol–water partition coefficient (Wildman–Crippen LogP) is 2.10. The topological polar surface area (TPSA) is 92.7 Å². The highest BCUT2D eigenvalue weighted by molar-refractivity contribution is 7.90. The third-order valence-corrected chi connectivity index (χ3v) is 5.14. The van der Waals surface area contributed by atoms with Gasteiger partial charge in [0, 0.05) is 19.2 Å². The molecule has 2 N–H and O–H groups in total. The van der Waals surface area contributed by atoms with Crippen molar-refractivity contribution in [2.24, 2.45) is 0 Å². The third-order valence-electron chi connectivity index (χ3n) is 4.01. The van der Waals surface area contributed by atoms with Crippen molar-refractivity contribution in [1.29, 1.82) is 0 Å². The van der Waals surface area contributed by atoms with E-state index < -0.39 is 9.84 Å². The van der Waals surface area contributed by atoms with Crippen molar-refractivity contribution in [2.45, 2.75) is 30.8 Å². The van der Waals surface area contributed by atoms with Crippen LogP contribution in [0.25, 0.3) is 0 Å². The van der Waals surface area contributed by atoms with Gasteiger partial charge in [-0.15, -0.1) is 0 Å². The van der Waals surface area contributed by atoms with Crippen LogP contribution in [0.15, 0.2) is 53.4 Å². The van der Waals surface area contributed by atoms with Gasteiger partial charge in [0.1, 0.15) is 5.75 Å². The number of rotatable bonds is 10. The van der Waals surface area contributed by atoms with Crippen LogP contribution < -0.4 is 10.1 Å². The summed E-state index contributed by atoms with van der Waals surface area (Å²) in [6.45, 7) is 0.973. The van der Waals surface area contributed by atoms with Crippen molar-refractivity contribution >= 4 is 15.7 Å². The van der Waals surface area contributed by atoms with Crippen LogP contribution in [0, 0.1) is 0 Å². The number of hydrogen-bond acceptors (Lipinski definition) is 5. The van der Waals surface area contributed by atoms with E-state index in [1.807, 2.05) is 24.3 Å². The Bertz CT molecular complexity index is 830. The number of amides is 1. The Balaban J connectivity index is 1.61. The average Bonchev–Trinajstić information content (AvgIpc) is 2.65. The van der Waals surface area contributed by atoms with E-state index in [9.17, 15) is 13.2 Å². The summed E-state index contributed by atoms with van der Waals surface area (Å²) >= 11 is 0. The van der Waals surface area contributed by atoms with Crippen molar-refractivity contribution in [3.8, 4) is 5.75 Å². The van der Waals surface area contributed by atoms with Gasteiger partial charge in [-0.1, -0.05) is 24.3 Å². The zero-order valence-corrected chi connectivity index (χ0v) is 16.2. The molecule has 146 valence electrons. The minimum Gasteiger partial charge on any atom is -0.494 e. The fraction of sp³-hybridized carbons (Fsp3) is 0.350. The Hall–Kier alpha value is -2.38. The zero-order chi connectivity index (χ0) is 19.7. The quantitative estimate of drug-likeness (QED) is 0.605. The normalized spacial score (nSPS) is 11.2. The Morgan fingerprint density at radius 3 is 2.26 bits per heavy atom. The molecule has 0 aromatic heterocycles. The van der Waals surface area contributed by atoms with Crippen molar-refractivity contribution < 1.29 is 23.1 Å². The maximum Gasteiger partial charge on any atom is 0.220 e. The molecule has 6 nitrogen and oxygen atoms in total. The van der Waals surface area contributed by atoms with Crippen LogP contribution in [0.2, 0.25) is 0 Å². The van der Waals surface area contributed by atoms with E-state index in [1.54, 1.807) is 12.1 Å². The van der Waals surface area contributed by atoms with Crippen LogP contribution in [0.1, 0.15) is 24.0 Å². The number of sulfone groups is 1. The molecule has 0 radical (unpaired) electrons. The van der Waals surface area contributed by atoms with Gasteiger partial charge in [0.15, 0.2) is 9.84 Å². The van der Waals surface area contributed by atoms with Crippen molar-refractivity contribution in [3.05, 3.63) is 59.7 Å². The molecule has 27 heavy (non-hydrogen) atoms. The summed E-state index contributed by atoms with van der Waals surface area (Å²) in [4.78, 5) is 12.1. The summed E-state index contributed by atoms with van der Waals surface area (Å²) in [5.74, 6) is 0.548. The van der Waals surface area contributed by atoms with Crippen LogP contribution in [0.5, 0.6) is 5.75 Å². The predicted molar refractivity (Wildman–Crippen MR) is 103 cm³/mol. The first kappa shape index (κ1) is 20.9. The Kier molecular flexibility index (Phi) is 7.82. The summed E-state index contributed by atoms with van der Waals surface area (Å²) in [7, 11) is -3.21. The number of hydrogen-bond donors (Lipinski definition) is 2. The van der Waals surface area contributed by atoms with E-state index in [2.05, 4.69) is 5.32 Å². The molecule has 2 aromatic rings. The van der Waals surface area contributed by atoms with E-state index in [4.69, 9.17) is 9.84 Å². The first-order chi connectivity index (χ1) is 12.9. The van der Waals surface area contributed by atoms with Gasteiger partial charge in [-0.05, 0) is 48.2 Å². The van der Waals surface area contributed by atoms with Gasteiger partial charge in [0.25, 0.3) is 0 Å². The molecule has 0 heterocycles. The molecule has 0 spiro atoms. The van der Waals surface area contributed by atoms with Gasteiger partial charge in [-0.25, -0.2) is 8.42 Å². The molecule has 2 aromatic carbocycles. The van der Waals surface area contributed by atoms with Crippen LogP contribution >= 0.6 is 0 Å². The first-order valence-electron chi connectivity index (χ1n) is 8.77. The SMILES string of the molecule is CS(=O)(=O)c1ccc(OCCCC(=O)NCCc2ccc(CO)cc2)cc1. The molecule has 0 fully saturated rings. The molecule has 0 aliphatic rings. The fourth-order valence-electron chi connectivity index (χ4n) is 2.45. The van der Waals surface area contributed by atoms with E-state index in [1.165, 1.54) is 12.1 Å². The maximum atomic E-state index is 11.8. The van der Waals surface area contributed by atoms with Crippen LogP contribution in [-0.4, -0.2) is 38.8 Å². The van der Waals surface area contributed by atoms with Gasteiger partial charge in [0.2, 0.25) is 5.91 Å². The molecule has 0 unspecified atom stereocenters. The molecule has 7 heteroatoms. The minimum atomic E-state index is -3.21. The Morgan fingerprint density at radius 1 is 1.04 bits per heavy atom. The smallest absolute Gasteiger partial charge is 0.220 e. The number of benzene rings is 2. The Morgan fingerprint density at radius 2 is 1.67 bits per heavy atom. The van der Waals surface area contributed by atoms with E-state index in [0.717, 1.165) is 23.8 Å². The highest BCUT2D eigenvalue weighted by Gasteiger charge is 2.06. The van der Waals surface area contributed by atoms with Gasteiger partial charge >= 0.3 is 0 Å². The summed E-state index contributed by atoms with van der Waals surface area (Å²) in [5.41, 5.74) is 1.97. The molecule has 0 aliphatic carbocycles. The van der Waals surface area contributed by atoms with Gasteiger partial charge in [0.05, 0.1) is 18.1 Å². The minimum absolute atomic E-state index is 0.0287. The van der Waals surface area contributed by atoms with Crippen LogP contribution in [0.3, 0.4) is 0 Å².